The van der Waals surface area contributed by atoms with Gasteiger partial charge in [-0.05, 0) is 30.7 Å². The van der Waals surface area contributed by atoms with E-state index in [1.807, 2.05) is 61.5 Å². The van der Waals surface area contributed by atoms with E-state index in [0.717, 1.165) is 5.75 Å². The Hall–Kier alpha value is -2.69. The number of benzene rings is 2. The van der Waals surface area contributed by atoms with Crippen LogP contribution in [0.3, 0.4) is 0 Å². The molecule has 5 nitrogen and oxygen atoms in total. The van der Waals surface area contributed by atoms with Crippen LogP contribution < -0.4 is 19.5 Å². The van der Waals surface area contributed by atoms with E-state index in [2.05, 4.69) is 5.32 Å². The summed E-state index contributed by atoms with van der Waals surface area (Å²) in [5.74, 6) is 1.98. The van der Waals surface area contributed by atoms with Crippen LogP contribution in [0.2, 0.25) is 0 Å². The van der Waals surface area contributed by atoms with Gasteiger partial charge in [-0.2, -0.15) is 0 Å². The third kappa shape index (κ3) is 3.98. The van der Waals surface area contributed by atoms with Gasteiger partial charge in [0.1, 0.15) is 18.5 Å². The van der Waals surface area contributed by atoms with Gasteiger partial charge >= 0.3 is 0 Å². The smallest absolute Gasteiger partial charge is 0.261 e. The molecule has 1 N–H and O–H groups in total. The first kappa shape index (κ1) is 16.2. The molecule has 5 heteroatoms. The van der Waals surface area contributed by atoms with Crippen molar-refractivity contribution in [2.24, 2.45) is 0 Å². The molecule has 0 aliphatic carbocycles. The van der Waals surface area contributed by atoms with Crippen LogP contribution in [0.4, 0.5) is 0 Å². The third-order valence-corrected chi connectivity index (χ3v) is 3.76. The molecule has 0 spiro atoms. The highest BCUT2D eigenvalue weighted by Gasteiger charge is 2.23. The van der Waals surface area contributed by atoms with Crippen LogP contribution in [0.15, 0.2) is 54.6 Å². The molecule has 2 aromatic rings. The summed E-state index contributed by atoms with van der Waals surface area (Å²) in [4.78, 5) is 12.3. The lowest BCUT2D eigenvalue weighted by Gasteiger charge is -2.27. The van der Waals surface area contributed by atoms with E-state index < -0.39 is 6.10 Å². The molecule has 1 amide bonds. The maximum Gasteiger partial charge on any atom is 0.261 e. The lowest BCUT2D eigenvalue weighted by molar-refractivity contribution is -0.128. The first-order valence-electron chi connectivity index (χ1n) is 8.14. The molecule has 0 saturated heterocycles. The minimum atomic E-state index is -0.524. The monoisotopic (exact) mass is 327 g/mol. The molecule has 1 aliphatic heterocycles. The average Bonchev–Trinajstić information content (AvgIpc) is 2.65. The molecule has 1 aliphatic rings. The minimum absolute atomic E-state index is 0.149. The number of hydrogen-bond acceptors (Lipinski definition) is 4. The summed E-state index contributed by atoms with van der Waals surface area (Å²) >= 11 is 0. The Morgan fingerprint density at radius 2 is 1.88 bits per heavy atom. The number of hydrogen-bond donors (Lipinski definition) is 1. The van der Waals surface area contributed by atoms with Gasteiger partial charge in [0.25, 0.3) is 5.91 Å². The van der Waals surface area contributed by atoms with Crippen molar-refractivity contribution in [3.8, 4) is 17.2 Å². The van der Waals surface area contributed by atoms with Crippen LogP contribution in [0.1, 0.15) is 13.3 Å². The number of amides is 1. The standard InChI is InChI=1S/C19H21NO4/c1-2-16(23-14-8-4-3-5-9-14)19(21)20-12-15-13-22-17-10-6-7-11-18(17)24-15/h3-11,15-16H,2,12-13H2,1H3,(H,20,21). The second kappa shape index (κ2) is 7.73. The van der Waals surface area contributed by atoms with E-state index in [1.54, 1.807) is 0 Å². The summed E-state index contributed by atoms with van der Waals surface area (Å²) in [6.45, 7) is 2.71. The molecule has 0 radical (unpaired) electrons. The zero-order chi connectivity index (χ0) is 16.8. The molecule has 0 saturated carbocycles. The molecule has 2 unspecified atom stereocenters. The van der Waals surface area contributed by atoms with E-state index >= 15 is 0 Å². The summed E-state index contributed by atoms with van der Waals surface area (Å²) in [6.07, 6.45) is -0.145. The third-order valence-electron chi connectivity index (χ3n) is 3.76. The molecule has 0 bridgehead atoms. The second-order valence-electron chi connectivity index (χ2n) is 5.57. The fourth-order valence-electron chi connectivity index (χ4n) is 2.48. The lowest BCUT2D eigenvalue weighted by Crippen LogP contribution is -2.45. The highest BCUT2D eigenvalue weighted by Crippen LogP contribution is 2.30. The predicted octanol–water partition coefficient (Wildman–Crippen LogP) is 2.80. The number of carbonyl (C=O) groups excluding carboxylic acids is 1. The SMILES string of the molecule is CCC(Oc1ccccc1)C(=O)NCC1COc2ccccc2O1. The van der Waals surface area contributed by atoms with Crippen LogP contribution >= 0.6 is 0 Å². The van der Waals surface area contributed by atoms with Gasteiger partial charge in [0, 0.05) is 0 Å². The molecule has 3 rings (SSSR count). The molecule has 1 heterocycles. The van der Waals surface area contributed by atoms with Gasteiger partial charge in [-0.1, -0.05) is 37.3 Å². The largest absolute Gasteiger partial charge is 0.486 e. The van der Waals surface area contributed by atoms with Crippen molar-refractivity contribution in [1.82, 2.24) is 5.32 Å². The Labute approximate surface area is 141 Å². The Balaban J connectivity index is 1.51. The van der Waals surface area contributed by atoms with Gasteiger partial charge in [-0.15, -0.1) is 0 Å². The molecule has 126 valence electrons. The highest BCUT2D eigenvalue weighted by molar-refractivity contribution is 5.81. The van der Waals surface area contributed by atoms with Crippen molar-refractivity contribution < 1.29 is 19.0 Å². The molecular formula is C19H21NO4. The Kier molecular flexibility index (Phi) is 5.21. The van der Waals surface area contributed by atoms with Gasteiger partial charge in [0.2, 0.25) is 0 Å². The second-order valence-corrected chi connectivity index (χ2v) is 5.57. The van der Waals surface area contributed by atoms with Crippen molar-refractivity contribution in [1.29, 1.82) is 0 Å². The number of nitrogens with one attached hydrogen (secondary N) is 1. The number of carbonyl (C=O) groups is 1. The first-order valence-corrected chi connectivity index (χ1v) is 8.14. The summed E-state index contributed by atoms with van der Waals surface area (Å²) in [5, 5.41) is 2.89. The number of ether oxygens (including phenoxy) is 3. The molecule has 24 heavy (non-hydrogen) atoms. The number of rotatable bonds is 6. The lowest BCUT2D eigenvalue weighted by atomic mass is 10.2. The number of fused-ring (bicyclic) bond motifs is 1. The summed E-state index contributed by atoms with van der Waals surface area (Å²) < 4.78 is 17.2. The fraction of sp³-hybridized carbons (Fsp3) is 0.316. The Morgan fingerprint density at radius 3 is 2.62 bits per heavy atom. The van der Waals surface area contributed by atoms with Crippen LogP contribution in [-0.2, 0) is 4.79 Å². The summed E-state index contributed by atoms with van der Waals surface area (Å²) in [6, 6.07) is 16.9. The minimum Gasteiger partial charge on any atom is -0.486 e. The van der Waals surface area contributed by atoms with Crippen molar-refractivity contribution >= 4 is 5.91 Å². The van der Waals surface area contributed by atoms with Gasteiger partial charge in [0.05, 0.1) is 6.54 Å². The van der Waals surface area contributed by atoms with Crippen molar-refractivity contribution in [2.45, 2.75) is 25.6 Å². The normalized spacial score (nSPS) is 17.0. The van der Waals surface area contributed by atoms with Crippen molar-refractivity contribution in [3.63, 3.8) is 0 Å². The quantitative estimate of drug-likeness (QED) is 0.886. The van der Waals surface area contributed by atoms with Crippen LogP contribution in [-0.4, -0.2) is 31.3 Å². The first-order chi connectivity index (χ1) is 11.8. The predicted molar refractivity (Wildman–Crippen MR) is 90.5 cm³/mol. The maximum atomic E-state index is 12.3. The molecule has 0 fully saturated rings. The highest BCUT2D eigenvalue weighted by atomic mass is 16.6. The van der Waals surface area contributed by atoms with Crippen LogP contribution in [0.25, 0.3) is 0 Å². The maximum absolute atomic E-state index is 12.3. The van der Waals surface area contributed by atoms with E-state index in [4.69, 9.17) is 14.2 Å². The van der Waals surface area contributed by atoms with Crippen molar-refractivity contribution in [3.05, 3.63) is 54.6 Å². The van der Waals surface area contributed by atoms with Gasteiger partial charge < -0.3 is 19.5 Å². The molecule has 2 aromatic carbocycles. The van der Waals surface area contributed by atoms with Crippen LogP contribution in [0.5, 0.6) is 17.2 Å². The molecule has 2 atom stereocenters. The van der Waals surface area contributed by atoms with Gasteiger partial charge in [-0.3, -0.25) is 4.79 Å². The van der Waals surface area contributed by atoms with E-state index in [9.17, 15) is 4.79 Å². The number of para-hydroxylation sites is 3. The molecule has 0 aromatic heterocycles. The van der Waals surface area contributed by atoms with E-state index in [1.165, 1.54) is 0 Å². The zero-order valence-corrected chi connectivity index (χ0v) is 13.6. The van der Waals surface area contributed by atoms with Crippen LogP contribution in [0, 0.1) is 0 Å². The Morgan fingerprint density at radius 1 is 1.17 bits per heavy atom. The van der Waals surface area contributed by atoms with E-state index in [-0.39, 0.29) is 12.0 Å². The Bertz CT molecular complexity index is 674. The summed E-state index contributed by atoms with van der Waals surface area (Å²) in [7, 11) is 0. The van der Waals surface area contributed by atoms with E-state index in [0.29, 0.717) is 31.1 Å². The van der Waals surface area contributed by atoms with Crippen molar-refractivity contribution in [2.75, 3.05) is 13.2 Å². The summed E-state index contributed by atoms with van der Waals surface area (Å²) in [5.41, 5.74) is 0. The fourth-order valence-corrected chi connectivity index (χ4v) is 2.48. The molecular weight excluding hydrogens is 306 g/mol. The topological polar surface area (TPSA) is 56.8 Å². The zero-order valence-electron chi connectivity index (χ0n) is 13.6. The van der Waals surface area contributed by atoms with Gasteiger partial charge in [-0.25, -0.2) is 0 Å². The van der Waals surface area contributed by atoms with Gasteiger partial charge in [0.15, 0.2) is 17.6 Å². The average molecular weight is 327 g/mol.